The average molecular weight is 609 g/mol. The number of anilines is 2. The Morgan fingerprint density at radius 2 is 1.80 bits per heavy atom. The number of nitriles is 1. The van der Waals surface area contributed by atoms with Crippen LogP contribution in [0.3, 0.4) is 0 Å². The van der Waals surface area contributed by atoms with Crippen molar-refractivity contribution in [3.05, 3.63) is 95.2 Å². The second-order valence-corrected chi connectivity index (χ2v) is 13.2. The van der Waals surface area contributed by atoms with Crippen molar-refractivity contribution in [2.75, 3.05) is 30.4 Å². The van der Waals surface area contributed by atoms with Crippen LogP contribution >= 0.6 is 0 Å². The molecular formula is C34H36N6O3S. The van der Waals surface area contributed by atoms with Crippen LogP contribution in [0.4, 0.5) is 11.6 Å². The van der Waals surface area contributed by atoms with Crippen LogP contribution in [0.5, 0.6) is 11.6 Å². The first-order valence-corrected chi connectivity index (χ1v) is 16.3. The molecule has 1 saturated heterocycles. The summed E-state index contributed by atoms with van der Waals surface area (Å²) in [6.07, 6.45) is 8.04. The molecule has 2 heterocycles. The van der Waals surface area contributed by atoms with E-state index in [4.69, 9.17) is 20.7 Å². The van der Waals surface area contributed by atoms with Gasteiger partial charge >= 0.3 is 0 Å². The van der Waals surface area contributed by atoms with Gasteiger partial charge in [0.25, 0.3) is 0 Å². The fourth-order valence-corrected chi connectivity index (χ4v) is 6.04. The maximum Gasteiger partial charge on any atom is 0.231 e. The molecule has 4 aromatic rings. The van der Waals surface area contributed by atoms with E-state index in [1.54, 1.807) is 24.4 Å². The molecule has 1 fully saturated rings. The van der Waals surface area contributed by atoms with Crippen LogP contribution in [0.2, 0.25) is 0 Å². The second kappa shape index (κ2) is 13.3. The van der Waals surface area contributed by atoms with E-state index >= 15 is 0 Å². The van der Waals surface area contributed by atoms with Gasteiger partial charge in [0.15, 0.2) is 9.84 Å². The minimum Gasteiger partial charge on any atom is -0.438 e. The van der Waals surface area contributed by atoms with Crippen molar-refractivity contribution in [2.45, 2.75) is 44.2 Å². The average Bonchev–Trinajstić information content (AvgIpc) is 2.99. The minimum absolute atomic E-state index is 0.194. The predicted molar refractivity (Wildman–Crippen MR) is 174 cm³/mol. The van der Waals surface area contributed by atoms with E-state index in [0.717, 1.165) is 65.9 Å². The van der Waals surface area contributed by atoms with Gasteiger partial charge in [-0.1, -0.05) is 24.3 Å². The Bertz CT molecular complexity index is 1800. The molecule has 0 spiro atoms. The number of sulfone groups is 1. The largest absolute Gasteiger partial charge is 0.438 e. The summed E-state index contributed by atoms with van der Waals surface area (Å²) in [5, 5.41) is 12.4. The molecule has 0 radical (unpaired) electrons. The molecule has 1 aromatic heterocycles. The van der Waals surface area contributed by atoms with Crippen LogP contribution in [0.25, 0.3) is 17.2 Å². The molecule has 1 aliphatic heterocycles. The number of aryl methyl sites for hydroxylation is 2. The third-order valence-electron chi connectivity index (χ3n) is 7.66. The maximum absolute atomic E-state index is 11.8. The Hall–Kier alpha value is -4.72. The molecule has 9 nitrogen and oxygen atoms in total. The normalized spacial score (nSPS) is 14.4. The molecule has 44 heavy (non-hydrogen) atoms. The summed E-state index contributed by atoms with van der Waals surface area (Å²) in [5.41, 5.74) is 12.2. The SMILES string of the molecule is Cc1cc(/C=C/C#N)cc(C)c1Oc1nc(NC2CCN(Cc3ccc(S(C)(=O)=O)cc3)CC2)ncc1-c1cccc(N)c1. The highest BCUT2D eigenvalue weighted by Crippen LogP contribution is 2.36. The smallest absolute Gasteiger partial charge is 0.231 e. The highest BCUT2D eigenvalue weighted by Gasteiger charge is 2.22. The highest BCUT2D eigenvalue weighted by atomic mass is 32.2. The van der Waals surface area contributed by atoms with E-state index in [1.807, 2.05) is 68.4 Å². The highest BCUT2D eigenvalue weighted by molar-refractivity contribution is 7.90. The number of likely N-dealkylation sites (tertiary alicyclic amines) is 1. The lowest BCUT2D eigenvalue weighted by atomic mass is 10.0. The zero-order chi connectivity index (χ0) is 31.3. The van der Waals surface area contributed by atoms with Crippen molar-refractivity contribution in [1.82, 2.24) is 14.9 Å². The number of hydrogen-bond acceptors (Lipinski definition) is 9. The first-order chi connectivity index (χ1) is 21.1. The van der Waals surface area contributed by atoms with Crippen LogP contribution in [0.15, 0.2) is 77.8 Å². The Labute approximate surface area is 259 Å². The third-order valence-corrected chi connectivity index (χ3v) is 8.79. The number of allylic oxidation sites excluding steroid dienone is 1. The molecule has 0 saturated carbocycles. The lowest BCUT2D eigenvalue weighted by molar-refractivity contribution is 0.211. The van der Waals surface area contributed by atoms with Crippen molar-refractivity contribution in [3.63, 3.8) is 0 Å². The van der Waals surface area contributed by atoms with E-state index in [-0.39, 0.29) is 6.04 Å². The zero-order valence-corrected chi connectivity index (χ0v) is 25.9. The van der Waals surface area contributed by atoms with E-state index in [9.17, 15) is 8.42 Å². The zero-order valence-electron chi connectivity index (χ0n) is 25.1. The molecular weight excluding hydrogens is 572 g/mol. The molecule has 10 heteroatoms. The predicted octanol–water partition coefficient (Wildman–Crippen LogP) is 6.15. The van der Waals surface area contributed by atoms with Crippen LogP contribution in [0, 0.1) is 25.2 Å². The lowest BCUT2D eigenvalue weighted by Gasteiger charge is -2.32. The van der Waals surface area contributed by atoms with Crippen molar-refractivity contribution >= 4 is 27.5 Å². The van der Waals surface area contributed by atoms with Crippen molar-refractivity contribution in [3.8, 4) is 28.8 Å². The van der Waals surface area contributed by atoms with Gasteiger partial charge in [0.05, 0.1) is 16.5 Å². The van der Waals surface area contributed by atoms with E-state index in [2.05, 4.69) is 15.2 Å². The summed E-state index contributed by atoms with van der Waals surface area (Å²) < 4.78 is 30.0. The monoisotopic (exact) mass is 608 g/mol. The molecule has 0 amide bonds. The molecule has 3 aromatic carbocycles. The molecule has 5 rings (SSSR count). The van der Waals surface area contributed by atoms with Gasteiger partial charge < -0.3 is 15.8 Å². The first-order valence-electron chi connectivity index (χ1n) is 14.4. The van der Waals surface area contributed by atoms with Crippen molar-refractivity contribution in [2.24, 2.45) is 0 Å². The molecule has 0 bridgehead atoms. The molecule has 0 atom stereocenters. The van der Waals surface area contributed by atoms with Gasteiger partial charge in [-0.2, -0.15) is 10.2 Å². The summed E-state index contributed by atoms with van der Waals surface area (Å²) in [4.78, 5) is 12.2. The number of nitrogens with two attached hydrogens (primary N) is 1. The first kappa shape index (κ1) is 30.7. The summed E-state index contributed by atoms with van der Waals surface area (Å²) in [6.45, 7) is 6.49. The Morgan fingerprint density at radius 1 is 1.09 bits per heavy atom. The number of benzene rings is 3. The van der Waals surface area contributed by atoms with E-state index in [0.29, 0.717) is 28.2 Å². The number of nitrogens with zero attached hydrogens (tertiary/aromatic N) is 4. The third kappa shape index (κ3) is 7.61. The van der Waals surface area contributed by atoms with Gasteiger partial charge in [0.1, 0.15) is 5.75 Å². The van der Waals surface area contributed by atoms with Gasteiger partial charge in [-0.15, -0.1) is 0 Å². The van der Waals surface area contributed by atoms with Crippen LogP contribution in [0.1, 0.15) is 35.1 Å². The summed E-state index contributed by atoms with van der Waals surface area (Å²) in [6, 6.07) is 20.8. The number of nitrogens with one attached hydrogen (secondary N) is 1. The fraction of sp³-hybridized carbons (Fsp3) is 0.265. The fourth-order valence-electron chi connectivity index (χ4n) is 5.41. The molecule has 0 unspecified atom stereocenters. The van der Waals surface area contributed by atoms with Gasteiger partial charge in [-0.25, -0.2) is 13.4 Å². The van der Waals surface area contributed by atoms with E-state index in [1.165, 1.54) is 12.3 Å². The number of piperidine rings is 1. The Kier molecular flexibility index (Phi) is 9.28. The number of ether oxygens (including phenoxy) is 1. The number of hydrogen-bond donors (Lipinski definition) is 2. The summed E-state index contributed by atoms with van der Waals surface area (Å²) in [7, 11) is -3.20. The van der Waals surface area contributed by atoms with Gasteiger partial charge in [0, 0.05) is 49.9 Å². The van der Waals surface area contributed by atoms with Crippen molar-refractivity contribution in [1.29, 1.82) is 5.26 Å². The number of nitrogen functional groups attached to an aromatic ring is 1. The van der Waals surface area contributed by atoms with Gasteiger partial charge in [0.2, 0.25) is 11.8 Å². The molecule has 1 aliphatic rings. The lowest BCUT2D eigenvalue weighted by Crippen LogP contribution is -2.39. The van der Waals surface area contributed by atoms with Crippen LogP contribution in [-0.4, -0.2) is 48.7 Å². The number of aromatic nitrogens is 2. The second-order valence-electron chi connectivity index (χ2n) is 11.2. The van der Waals surface area contributed by atoms with Crippen LogP contribution < -0.4 is 15.8 Å². The van der Waals surface area contributed by atoms with Gasteiger partial charge in [-0.05, 0) is 97.0 Å². The minimum atomic E-state index is -3.20. The molecule has 3 N–H and O–H groups in total. The topological polar surface area (TPSA) is 134 Å². The Balaban J connectivity index is 1.32. The Morgan fingerprint density at radius 3 is 2.43 bits per heavy atom. The standard InChI is InChI=1S/C34H36N6O3S/c1-23-18-26(6-5-15-35)19-24(2)32(23)43-33-31(27-7-4-8-28(36)20-27)21-37-34(39-33)38-29-13-16-40(17-14-29)22-25-9-11-30(12-10-25)44(3,41)42/h4-12,18-21,29H,13-14,16-17,22,36H2,1-3H3,(H,37,38,39)/b6-5+. The van der Waals surface area contributed by atoms with Crippen LogP contribution in [-0.2, 0) is 16.4 Å². The number of rotatable bonds is 9. The van der Waals surface area contributed by atoms with Gasteiger partial charge in [-0.3, -0.25) is 4.90 Å². The quantitative estimate of drug-likeness (QED) is 0.169. The summed E-state index contributed by atoms with van der Waals surface area (Å²) >= 11 is 0. The molecule has 0 aliphatic carbocycles. The molecule has 226 valence electrons. The van der Waals surface area contributed by atoms with E-state index < -0.39 is 9.84 Å². The van der Waals surface area contributed by atoms with Crippen molar-refractivity contribution < 1.29 is 13.2 Å². The maximum atomic E-state index is 11.8. The summed E-state index contributed by atoms with van der Waals surface area (Å²) in [5.74, 6) is 1.62.